The van der Waals surface area contributed by atoms with Crippen LogP contribution in [0.15, 0.2) is 42.5 Å². The first-order chi connectivity index (χ1) is 11.3. The Morgan fingerprint density at radius 2 is 1.92 bits per heavy atom. The molecular weight excluding hydrogens is 308 g/mol. The van der Waals surface area contributed by atoms with Crippen molar-refractivity contribution in [1.29, 1.82) is 0 Å². The molecule has 1 aromatic rings. The first-order valence-electron chi connectivity index (χ1n) is 7.98. The van der Waals surface area contributed by atoms with Crippen molar-refractivity contribution >= 4 is 11.9 Å². The Kier molecular flexibility index (Phi) is 5.44. The van der Waals surface area contributed by atoms with Gasteiger partial charge in [-0.1, -0.05) is 37.3 Å². The van der Waals surface area contributed by atoms with Gasteiger partial charge in [0.05, 0.1) is 18.8 Å². The van der Waals surface area contributed by atoms with Crippen molar-refractivity contribution in [3.05, 3.63) is 48.0 Å². The van der Waals surface area contributed by atoms with E-state index in [1.807, 2.05) is 13.8 Å². The Bertz CT molecular complexity index is 624. The zero-order valence-corrected chi connectivity index (χ0v) is 14.6. The monoisotopic (exact) mass is 332 g/mol. The van der Waals surface area contributed by atoms with E-state index in [-0.39, 0.29) is 12.0 Å². The Labute approximate surface area is 142 Å². The van der Waals surface area contributed by atoms with E-state index in [4.69, 9.17) is 14.2 Å². The van der Waals surface area contributed by atoms with Crippen molar-refractivity contribution in [3.8, 4) is 0 Å². The van der Waals surface area contributed by atoms with E-state index in [0.717, 1.165) is 5.57 Å². The summed E-state index contributed by atoms with van der Waals surface area (Å²) in [5.74, 6) is -1.06. The maximum Gasteiger partial charge on any atom is 0.350 e. The van der Waals surface area contributed by atoms with Crippen molar-refractivity contribution in [3.63, 3.8) is 0 Å². The third kappa shape index (κ3) is 3.67. The lowest BCUT2D eigenvalue weighted by Crippen LogP contribution is -2.55. The predicted octanol–water partition coefficient (Wildman–Crippen LogP) is 3.14. The van der Waals surface area contributed by atoms with Crippen LogP contribution in [0.5, 0.6) is 0 Å². The average molecular weight is 332 g/mol. The second kappa shape index (κ2) is 7.18. The minimum absolute atomic E-state index is 0.140. The summed E-state index contributed by atoms with van der Waals surface area (Å²) in [5, 5.41) is 0. The van der Waals surface area contributed by atoms with Crippen LogP contribution >= 0.6 is 0 Å². The van der Waals surface area contributed by atoms with Gasteiger partial charge in [0, 0.05) is 12.3 Å². The minimum Gasteiger partial charge on any atom is -0.466 e. The van der Waals surface area contributed by atoms with Gasteiger partial charge < -0.3 is 14.2 Å². The molecule has 0 saturated carbocycles. The van der Waals surface area contributed by atoms with Gasteiger partial charge in [-0.05, 0) is 26.0 Å². The van der Waals surface area contributed by atoms with Crippen LogP contribution in [0.2, 0.25) is 0 Å². The molecule has 4 atom stereocenters. The largest absolute Gasteiger partial charge is 0.466 e. The molecule has 0 radical (unpaired) electrons. The Balaban J connectivity index is 2.27. The summed E-state index contributed by atoms with van der Waals surface area (Å²) in [6.45, 7) is 9.76. The number of carbonyl (C=O) groups is 2. The molecular formula is C19H24O5. The standard InChI is InChI=1S/C19H24O5/c1-12-11-19(4,24-14(3)13(12)2)16(18(21)22-5)23-17(20)15-9-7-6-8-10-15/h6-10,13-14,16H,1,11H2,2-5H3/t13-,14-,16-,19-/m1/s1. The zero-order valence-electron chi connectivity index (χ0n) is 14.6. The summed E-state index contributed by atoms with van der Waals surface area (Å²) in [6, 6.07) is 8.52. The Morgan fingerprint density at radius 1 is 1.29 bits per heavy atom. The molecule has 1 fully saturated rings. The van der Waals surface area contributed by atoms with Crippen LogP contribution < -0.4 is 0 Å². The number of hydrogen-bond acceptors (Lipinski definition) is 5. The highest BCUT2D eigenvalue weighted by Crippen LogP contribution is 2.39. The molecule has 0 aromatic heterocycles. The van der Waals surface area contributed by atoms with Gasteiger partial charge in [-0.15, -0.1) is 0 Å². The van der Waals surface area contributed by atoms with Gasteiger partial charge in [0.1, 0.15) is 5.60 Å². The molecule has 130 valence electrons. The lowest BCUT2D eigenvalue weighted by molar-refractivity contribution is -0.191. The Hall–Kier alpha value is -2.14. The van der Waals surface area contributed by atoms with E-state index in [1.165, 1.54) is 7.11 Å². The average Bonchev–Trinajstić information content (AvgIpc) is 2.57. The van der Waals surface area contributed by atoms with Gasteiger partial charge in [-0.25, -0.2) is 9.59 Å². The molecule has 1 aliphatic rings. The van der Waals surface area contributed by atoms with Crippen LogP contribution in [0.4, 0.5) is 0 Å². The van der Waals surface area contributed by atoms with Crippen molar-refractivity contribution in [2.75, 3.05) is 7.11 Å². The molecule has 0 aliphatic carbocycles. The van der Waals surface area contributed by atoms with E-state index < -0.39 is 23.6 Å². The maximum absolute atomic E-state index is 12.4. The smallest absolute Gasteiger partial charge is 0.350 e. The summed E-state index contributed by atoms with van der Waals surface area (Å²) < 4.78 is 16.4. The van der Waals surface area contributed by atoms with Crippen molar-refractivity contribution in [2.24, 2.45) is 5.92 Å². The molecule has 24 heavy (non-hydrogen) atoms. The van der Waals surface area contributed by atoms with Crippen LogP contribution in [0.1, 0.15) is 37.6 Å². The second-order valence-corrected chi connectivity index (χ2v) is 6.43. The molecule has 1 saturated heterocycles. The van der Waals surface area contributed by atoms with E-state index in [1.54, 1.807) is 37.3 Å². The van der Waals surface area contributed by atoms with Gasteiger partial charge in [0.2, 0.25) is 6.10 Å². The van der Waals surface area contributed by atoms with Crippen molar-refractivity contribution < 1.29 is 23.8 Å². The molecule has 1 aliphatic heterocycles. The number of hydrogen-bond donors (Lipinski definition) is 0. The van der Waals surface area contributed by atoms with Crippen molar-refractivity contribution in [2.45, 2.75) is 45.0 Å². The summed E-state index contributed by atoms with van der Waals surface area (Å²) in [4.78, 5) is 24.6. The molecule has 5 heteroatoms. The summed E-state index contributed by atoms with van der Waals surface area (Å²) >= 11 is 0. The first-order valence-corrected chi connectivity index (χ1v) is 7.98. The van der Waals surface area contributed by atoms with Crippen LogP contribution in [0.3, 0.4) is 0 Å². The fraction of sp³-hybridized carbons (Fsp3) is 0.474. The molecule has 0 amide bonds. The summed E-state index contributed by atoms with van der Waals surface area (Å²) in [5.41, 5.74) is 0.313. The molecule has 0 spiro atoms. The zero-order chi connectivity index (χ0) is 17.9. The number of carbonyl (C=O) groups excluding carboxylic acids is 2. The SMILES string of the molecule is C=C1C[C@](C)([C@H](OC(=O)c2ccccc2)C(=O)OC)O[C@H](C)[C@@H]1C. The quantitative estimate of drug-likeness (QED) is 0.626. The molecule has 5 nitrogen and oxygen atoms in total. The highest BCUT2D eigenvalue weighted by Gasteiger charge is 2.49. The lowest BCUT2D eigenvalue weighted by atomic mass is 9.80. The Morgan fingerprint density at radius 3 is 2.46 bits per heavy atom. The maximum atomic E-state index is 12.4. The third-order valence-corrected chi connectivity index (χ3v) is 4.59. The summed E-state index contributed by atoms with van der Waals surface area (Å²) in [6.07, 6.45) is -0.888. The number of benzene rings is 1. The fourth-order valence-corrected chi connectivity index (χ4v) is 2.95. The highest BCUT2D eigenvalue weighted by molar-refractivity contribution is 5.91. The van der Waals surface area contributed by atoms with Gasteiger partial charge in [-0.2, -0.15) is 0 Å². The van der Waals surface area contributed by atoms with E-state index in [9.17, 15) is 9.59 Å². The predicted molar refractivity (Wildman–Crippen MR) is 89.5 cm³/mol. The molecule has 1 aromatic carbocycles. The lowest BCUT2D eigenvalue weighted by Gasteiger charge is -2.44. The molecule has 1 heterocycles. The normalized spacial score (nSPS) is 28.1. The van der Waals surface area contributed by atoms with E-state index in [2.05, 4.69) is 6.58 Å². The van der Waals surface area contributed by atoms with Crippen LogP contribution in [-0.4, -0.2) is 36.9 Å². The second-order valence-electron chi connectivity index (χ2n) is 6.43. The molecule has 2 rings (SSSR count). The number of ether oxygens (including phenoxy) is 3. The van der Waals surface area contributed by atoms with Crippen LogP contribution in [0, 0.1) is 5.92 Å². The first kappa shape index (κ1) is 18.2. The molecule has 0 unspecified atom stereocenters. The van der Waals surface area contributed by atoms with Gasteiger partial charge in [-0.3, -0.25) is 0 Å². The fourth-order valence-electron chi connectivity index (χ4n) is 2.95. The number of esters is 2. The topological polar surface area (TPSA) is 61.8 Å². The number of methoxy groups -OCH3 is 1. The molecule has 0 bridgehead atoms. The molecule has 0 N–H and O–H groups in total. The highest BCUT2D eigenvalue weighted by atomic mass is 16.6. The third-order valence-electron chi connectivity index (χ3n) is 4.59. The number of rotatable bonds is 4. The van der Waals surface area contributed by atoms with Gasteiger partial charge >= 0.3 is 11.9 Å². The van der Waals surface area contributed by atoms with E-state index in [0.29, 0.717) is 12.0 Å². The van der Waals surface area contributed by atoms with Gasteiger partial charge in [0.25, 0.3) is 0 Å². The summed E-state index contributed by atoms with van der Waals surface area (Å²) in [7, 11) is 1.26. The van der Waals surface area contributed by atoms with Crippen molar-refractivity contribution in [1.82, 2.24) is 0 Å². The van der Waals surface area contributed by atoms with Crippen LogP contribution in [-0.2, 0) is 19.0 Å². The minimum atomic E-state index is -1.16. The van der Waals surface area contributed by atoms with Gasteiger partial charge in [0.15, 0.2) is 0 Å². The van der Waals surface area contributed by atoms with Crippen LogP contribution in [0.25, 0.3) is 0 Å². The van der Waals surface area contributed by atoms with E-state index >= 15 is 0 Å².